The molecule has 0 unspecified atom stereocenters. The summed E-state index contributed by atoms with van der Waals surface area (Å²) < 4.78 is 0. The van der Waals surface area contributed by atoms with E-state index in [-0.39, 0.29) is 32.7 Å². The zero-order valence-electron chi connectivity index (χ0n) is 4.04. The van der Waals surface area contributed by atoms with E-state index in [0.29, 0.717) is 0 Å². The van der Waals surface area contributed by atoms with E-state index in [1.165, 1.54) is 0 Å². The van der Waals surface area contributed by atoms with E-state index in [1.807, 2.05) is 37.0 Å². The van der Waals surface area contributed by atoms with Crippen LogP contribution >= 0.6 is 0 Å². The molecule has 0 saturated carbocycles. The molecule has 0 aliphatic heterocycles. The van der Waals surface area contributed by atoms with Crippen molar-refractivity contribution in [3.8, 4) is 0 Å². The van der Waals surface area contributed by atoms with Crippen LogP contribution in [0.25, 0.3) is 0 Å². The van der Waals surface area contributed by atoms with E-state index in [0.717, 1.165) is 0 Å². The Morgan fingerprint density at radius 3 is 1.57 bits per heavy atom. The molecule has 1 rings (SSSR count). The standard InChI is InChI=1S/C5H5B.Y/c1-2-4-6-5-3-1;/h1-5H;. The molecule has 0 amide bonds. The fourth-order valence-corrected chi connectivity index (χ4v) is 0.385. The molecule has 0 bridgehead atoms. The average Bonchev–Trinajstić information content (AvgIpc) is 1.72. The minimum absolute atomic E-state index is 0. The summed E-state index contributed by atoms with van der Waals surface area (Å²) in [6.45, 7) is 2.00. The molecule has 0 atom stereocenters. The van der Waals surface area contributed by atoms with Crippen LogP contribution in [0.2, 0.25) is 0 Å². The summed E-state index contributed by atoms with van der Waals surface area (Å²) in [5.74, 6) is 4.00. The van der Waals surface area contributed by atoms with Gasteiger partial charge in [0.05, 0.1) is 0 Å². The van der Waals surface area contributed by atoms with Crippen LogP contribution < -0.4 is 0 Å². The number of rotatable bonds is 0. The molecular weight excluding hydrogens is 160 g/mol. The summed E-state index contributed by atoms with van der Waals surface area (Å²) in [6, 6.07) is 6.00. The molecule has 0 aliphatic rings. The van der Waals surface area contributed by atoms with Crippen LogP contribution in [0.1, 0.15) is 0 Å². The SMILES string of the molecule is [Y].b1ccccc1. The van der Waals surface area contributed by atoms with Gasteiger partial charge in [0.15, 0.2) is 0 Å². The van der Waals surface area contributed by atoms with Crippen molar-refractivity contribution in [2.24, 2.45) is 0 Å². The maximum atomic E-state index is 2.00. The van der Waals surface area contributed by atoms with Gasteiger partial charge in [-0.05, 0) is 0 Å². The number of hydrogen-bond donors (Lipinski definition) is 0. The van der Waals surface area contributed by atoms with Gasteiger partial charge in [-0.2, -0.15) is 0 Å². The van der Waals surface area contributed by atoms with E-state index < -0.39 is 0 Å². The van der Waals surface area contributed by atoms with Gasteiger partial charge in [0, 0.05) is 32.7 Å². The first-order chi connectivity index (χ1) is 3.00. The summed E-state index contributed by atoms with van der Waals surface area (Å²) in [6.07, 6.45) is 0. The first-order valence-corrected chi connectivity index (χ1v) is 2.00. The van der Waals surface area contributed by atoms with Crippen LogP contribution in [0.5, 0.6) is 0 Å². The Labute approximate surface area is 69.4 Å². The molecule has 0 aromatic carbocycles. The molecule has 0 aliphatic carbocycles. The van der Waals surface area contributed by atoms with Gasteiger partial charge in [-0.3, -0.25) is 0 Å². The molecule has 7 heavy (non-hydrogen) atoms. The van der Waals surface area contributed by atoms with Gasteiger partial charge in [0.2, 0.25) is 0 Å². The van der Waals surface area contributed by atoms with E-state index >= 15 is 0 Å². The van der Waals surface area contributed by atoms with Crippen LogP contribution in [0.3, 0.4) is 0 Å². The summed E-state index contributed by atoms with van der Waals surface area (Å²) in [7, 11) is 0. The van der Waals surface area contributed by atoms with Crippen LogP contribution in [-0.4, -0.2) is 6.91 Å². The van der Waals surface area contributed by atoms with Crippen molar-refractivity contribution in [2.75, 3.05) is 0 Å². The molecule has 2 heteroatoms. The molecule has 0 N–H and O–H groups in total. The van der Waals surface area contributed by atoms with Crippen molar-refractivity contribution < 1.29 is 32.7 Å². The molecule has 1 heterocycles. The average molecular weight is 165 g/mol. The second-order valence-corrected chi connectivity index (χ2v) is 1.15. The van der Waals surface area contributed by atoms with E-state index in [9.17, 15) is 0 Å². The zero-order chi connectivity index (χ0) is 4.24. The van der Waals surface area contributed by atoms with Gasteiger partial charge >= 0.3 is 37.0 Å². The molecule has 0 spiro atoms. The topological polar surface area (TPSA) is 0 Å². The monoisotopic (exact) mass is 165 g/mol. The Balaban J connectivity index is 0.000000360. The molecule has 31 valence electrons. The van der Waals surface area contributed by atoms with E-state index in [4.69, 9.17) is 0 Å². The summed E-state index contributed by atoms with van der Waals surface area (Å²) in [5.41, 5.74) is 0. The number of hydrogen-bond acceptors (Lipinski definition) is 0. The minimum atomic E-state index is 0. The summed E-state index contributed by atoms with van der Waals surface area (Å²) in [5, 5.41) is 0. The van der Waals surface area contributed by atoms with Crippen LogP contribution in [0.15, 0.2) is 30.1 Å². The van der Waals surface area contributed by atoms with Crippen molar-refractivity contribution in [1.82, 2.24) is 0 Å². The third-order valence-electron chi connectivity index (χ3n) is 0.667. The van der Waals surface area contributed by atoms with Crippen molar-refractivity contribution in [3.63, 3.8) is 0 Å². The zero-order valence-corrected chi connectivity index (χ0v) is 6.88. The normalized spacial score (nSPS) is 6.29. The first-order valence-electron chi connectivity index (χ1n) is 2.00. The van der Waals surface area contributed by atoms with Crippen LogP contribution in [0.4, 0.5) is 0 Å². The van der Waals surface area contributed by atoms with Crippen molar-refractivity contribution in [3.05, 3.63) is 30.1 Å². The van der Waals surface area contributed by atoms with Gasteiger partial charge in [-0.25, -0.2) is 0 Å². The van der Waals surface area contributed by atoms with E-state index in [1.54, 1.807) is 0 Å². The Kier molecular flexibility index (Phi) is 5.02. The molecule has 0 nitrogen and oxygen atoms in total. The predicted molar refractivity (Wildman–Crippen MR) is 27.8 cm³/mol. The van der Waals surface area contributed by atoms with Gasteiger partial charge in [0.1, 0.15) is 0 Å². The van der Waals surface area contributed by atoms with Gasteiger partial charge in [-0.1, -0.05) is 0 Å². The fourth-order valence-electron chi connectivity index (χ4n) is 0.385. The molecule has 1 radical (unpaired) electrons. The van der Waals surface area contributed by atoms with Crippen LogP contribution in [-0.2, 0) is 32.7 Å². The second kappa shape index (κ2) is 4.67. The third kappa shape index (κ3) is 3.13. The second-order valence-electron chi connectivity index (χ2n) is 1.15. The van der Waals surface area contributed by atoms with Gasteiger partial charge in [-0.15, -0.1) is 0 Å². The van der Waals surface area contributed by atoms with Crippen molar-refractivity contribution >= 4 is 6.91 Å². The first kappa shape index (κ1) is 7.52. The fraction of sp³-hybridized carbons (Fsp3) is 0. The van der Waals surface area contributed by atoms with Gasteiger partial charge in [0.25, 0.3) is 0 Å². The Hall–Kier alpha value is 0.519. The Morgan fingerprint density at radius 1 is 0.857 bits per heavy atom. The molecule has 0 fully saturated rings. The molecule has 1 aromatic heterocycles. The van der Waals surface area contributed by atoms with Crippen molar-refractivity contribution in [1.29, 1.82) is 0 Å². The van der Waals surface area contributed by atoms with Crippen molar-refractivity contribution in [2.45, 2.75) is 0 Å². The molecule has 0 saturated heterocycles. The molecule has 1 aromatic rings. The van der Waals surface area contributed by atoms with Gasteiger partial charge < -0.3 is 0 Å². The Morgan fingerprint density at radius 2 is 1.43 bits per heavy atom. The predicted octanol–water partition coefficient (Wildman–Crippen LogP) is 1.02. The Bertz CT molecular complexity index is 80.0. The third-order valence-corrected chi connectivity index (χ3v) is 0.667. The summed E-state index contributed by atoms with van der Waals surface area (Å²) >= 11 is 0. The summed E-state index contributed by atoms with van der Waals surface area (Å²) in [4.78, 5) is 0. The van der Waals surface area contributed by atoms with E-state index in [2.05, 4.69) is 0 Å². The van der Waals surface area contributed by atoms with Crippen LogP contribution in [0, 0.1) is 0 Å². The quantitative estimate of drug-likeness (QED) is 0.538. The maximum absolute atomic E-state index is 2.00. The molecular formula is C5H5BY.